The van der Waals surface area contributed by atoms with Crippen molar-refractivity contribution in [2.24, 2.45) is 29.6 Å². The number of piperidine rings is 1. The van der Waals surface area contributed by atoms with Gasteiger partial charge in [0.25, 0.3) is 11.7 Å². The lowest BCUT2D eigenvalue weighted by atomic mass is 9.81. The first kappa shape index (κ1) is 49.1. The van der Waals surface area contributed by atoms with Crippen molar-refractivity contribution < 1.29 is 53.1 Å². The molecule has 4 aliphatic rings. The maximum absolute atomic E-state index is 14.4. The Labute approximate surface area is 353 Å². The zero-order valence-corrected chi connectivity index (χ0v) is 37.6. The van der Waals surface area contributed by atoms with Gasteiger partial charge in [-0.05, 0) is 115 Å². The topological polar surface area (TPSA) is 170 Å². The second-order valence-corrected chi connectivity index (χ2v) is 18.3. The van der Waals surface area contributed by atoms with Crippen LogP contribution in [0.15, 0.2) is 23.3 Å². The number of Topliss-reactive ketones (excluding diaryl/α,β-unsaturated/α-hetero) is 2. The van der Waals surface area contributed by atoms with Crippen LogP contribution < -0.4 is 5.32 Å². The van der Waals surface area contributed by atoms with Crippen molar-refractivity contribution in [1.29, 1.82) is 0 Å². The Morgan fingerprint density at radius 3 is 2.31 bits per heavy atom. The van der Waals surface area contributed by atoms with Crippen molar-refractivity contribution in [3.05, 3.63) is 23.3 Å². The molecule has 2 bridgehead atoms. The van der Waals surface area contributed by atoms with Gasteiger partial charge in [0.1, 0.15) is 24.0 Å². The first-order chi connectivity index (χ1) is 28.0. The van der Waals surface area contributed by atoms with E-state index in [-0.39, 0.29) is 54.6 Å². The maximum atomic E-state index is 14.4. The molecule has 0 radical (unpaired) electrons. The molecule has 59 heavy (non-hydrogen) atoms. The number of carbonyl (C=O) groups is 4. The van der Waals surface area contributed by atoms with Crippen molar-refractivity contribution >= 4 is 23.4 Å². The summed E-state index contributed by atoms with van der Waals surface area (Å²) in [6.45, 7) is 14.1. The largest absolute Gasteiger partial charge is 0.456 e. The van der Waals surface area contributed by atoms with Crippen LogP contribution in [0.25, 0.3) is 0 Å². The van der Waals surface area contributed by atoms with E-state index in [0.29, 0.717) is 57.9 Å². The van der Waals surface area contributed by atoms with E-state index in [9.17, 15) is 29.4 Å². The molecule has 4 rings (SSSR count). The number of ether oxygens (including phenoxy) is 5. The molecule has 3 N–H and O–H groups in total. The van der Waals surface area contributed by atoms with E-state index >= 15 is 0 Å². The lowest BCUT2D eigenvalue weighted by molar-refractivity contribution is -0.302. The van der Waals surface area contributed by atoms with Gasteiger partial charge >= 0.3 is 5.97 Å². The molecular formula is C46H76N2O11. The van der Waals surface area contributed by atoms with Crippen LogP contribution in [0.5, 0.6) is 0 Å². The summed E-state index contributed by atoms with van der Waals surface area (Å²) in [4.78, 5) is 58.0. The lowest BCUT2D eigenvalue weighted by Crippen LogP contribution is -2.64. The number of ketones is 2. The highest BCUT2D eigenvalue weighted by Gasteiger charge is 2.56. The minimum absolute atomic E-state index is 0.0659. The van der Waals surface area contributed by atoms with Gasteiger partial charge in [-0.2, -0.15) is 0 Å². The van der Waals surface area contributed by atoms with Crippen LogP contribution in [0, 0.1) is 29.6 Å². The molecular weight excluding hydrogens is 757 g/mol. The number of amides is 1. The fraction of sp³-hybridized carbons (Fsp3) is 0.826. The summed E-state index contributed by atoms with van der Waals surface area (Å²) in [6, 6.07) is -0.933. The minimum atomic E-state index is -2.46. The number of methoxy groups -OCH3 is 3. The standard InChI is InChI=1S/C46H76N2O11/c1-11-34-21-27(2)20-28(3)22-39(56-9)42-40(57-10)24-31(6)46(54,59-42)43(51)44(52)48-19-13-12-14-36(48)45(53)58-41(29(4)15-18-37(34)50)30(5)23-33-16-17-35(38(25-33)55-8)47-26-32(7)49/h21,23,28-29,31-36,38-42,47,49,54H,11-20,22,24-26H2,1-10H3/b27-21+,30-23+/t28-,29+,31+,32-,33-,34+,35-,36-,38+,39-,40-,41-,42+,46+/m0/s1. The Morgan fingerprint density at radius 2 is 1.66 bits per heavy atom. The molecule has 0 aromatic carbocycles. The van der Waals surface area contributed by atoms with Crippen molar-refractivity contribution in [3.8, 4) is 0 Å². The van der Waals surface area contributed by atoms with Crippen molar-refractivity contribution in [2.45, 2.75) is 180 Å². The predicted molar refractivity (Wildman–Crippen MR) is 224 cm³/mol. The van der Waals surface area contributed by atoms with Gasteiger partial charge in [0.15, 0.2) is 0 Å². The van der Waals surface area contributed by atoms with Gasteiger partial charge in [0.05, 0.1) is 24.4 Å². The van der Waals surface area contributed by atoms with E-state index in [0.717, 1.165) is 30.4 Å². The van der Waals surface area contributed by atoms with Crippen molar-refractivity contribution in [1.82, 2.24) is 10.2 Å². The van der Waals surface area contributed by atoms with E-state index in [4.69, 9.17) is 23.7 Å². The molecule has 14 atom stereocenters. The summed E-state index contributed by atoms with van der Waals surface area (Å²) in [5.41, 5.74) is 1.94. The third kappa shape index (κ3) is 12.5. The molecule has 0 spiro atoms. The van der Waals surface area contributed by atoms with E-state index in [1.807, 2.05) is 27.7 Å². The molecule has 336 valence electrons. The van der Waals surface area contributed by atoms with E-state index in [1.54, 1.807) is 35.2 Å². The zero-order chi connectivity index (χ0) is 43.6. The summed E-state index contributed by atoms with van der Waals surface area (Å²) in [6.07, 6.45) is 8.00. The molecule has 3 fully saturated rings. The highest BCUT2D eigenvalue weighted by atomic mass is 16.7. The third-order valence-electron chi connectivity index (χ3n) is 13.5. The lowest BCUT2D eigenvalue weighted by Gasteiger charge is -2.47. The zero-order valence-electron chi connectivity index (χ0n) is 37.6. The molecule has 2 saturated heterocycles. The Kier molecular flexibility index (Phi) is 18.8. The Morgan fingerprint density at radius 1 is 0.983 bits per heavy atom. The van der Waals surface area contributed by atoms with E-state index in [1.165, 1.54) is 4.90 Å². The average molecular weight is 833 g/mol. The summed E-state index contributed by atoms with van der Waals surface area (Å²) >= 11 is 0. The smallest absolute Gasteiger partial charge is 0.329 e. The molecule has 3 aliphatic heterocycles. The monoisotopic (exact) mass is 833 g/mol. The van der Waals surface area contributed by atoms with Gasteiger partial charge in [0.2, 0.25) is 5.79 Å². The number of hydrogen-bond acceptors (Lipinski definition) is 12. The predicted octanol–water partition coefficient (Wildman–Crippen LogP) is 5.48. The number of hydrogen-bond donors (Lipinski definition) is 3. The van der Waals surface area contributed by atoms with Crippen molar-refractivity contribution in [3.63, 3.8) is 0 Å². The SMILES string of the molecule is CC[C@@H]1/C=C(\C)C[C@H](C)C[C@H](OC)[C@H]2O[C@@](O)(C(=O)C(=O)N3CCCC[C@H]3C(=O)O[C@H](/C(C)=C/[C@@H]3CC[C@H](NC[C@H](C)O)[C@H](OC)C3)[C@H](C)CCC1=O)[C@H](C)C[C@@H]2OC. The second-order valence-electron chi connectivity index (χ2n) is 18.3. The van der Waals surface area contributed by atoms with Crippen LogP contribution in [0.4, 0.5) is 0 Å². The third-order valence-corrected chi connectivity index (χ3v) is 13.5. The first-order valence-corrected chi connectivity index (χ1v) is 22.3. The summed E-state index contributed by atoms with van der Waals surface area (Å²) in [5, 5.41) is 25.3. The molecule has 0 aromatic rings. The number of esters is 1. The Hall–Kier alpha value is -2.52. The molecule has 1 aliphatic carbocycles. The normalized spacial score (nSPS) is 39.4. The van der Waals surface area contributed by atoms with Crippen LogP contribution in [-0.4, -0.2) is 127 Å². The molecule has 13 nitrogen and oxygen atoms in total. The highest BCUT2D eigenvalue weighted by molar-refractivity contribution is 6.39. The van der Waals surface area contributed by atoms with Crippen LogP contribution in [-0.2, 0) is 42.9 Å². The number of rotatable bonds is 9. The number of fused-ring (bicyclic) bond motifs is 3. The fourth-order valence-corrected chi connectivity index (χ4v) is 9.97. The molecule has 1 saturated carbocycles. The first-order valence-electron chi connectivity index (χ1n) is 22.3. The molecule has 0 aromatic heterocycles. The number of cyclic esters (lactones) is 1. The van der Waals surface area contributed by atoms with Gasteiger partial charge in [-0.3, -0.25) is 14.4 Å². The van der Waals surface area contributed by atoms with Crippen LogP contribution >= 0.6 is 0 Å². The van der Waals surface area contributed by atoms with Crippen molar-refractivity contribution in [2.75, 3.05) is 34.4 Å². The van der Waals surface area contributed by atoms with Gasteiger partial charge in [-0.25, -0.2) is 4.79 Å². The minimum Gasteiger partial charge on any atom is -0.456 e. The molecule has 13 heteroatoms. The number of nitrogens with zero attached hydrogens (tertiary/aromatic N) is 1. The average Bonchev–Trinajstić information content (AvgIpc) is 3.21. The van der Waals surface area contributed by atoms with Crippen LogP contribution in [0.1, 0.15) is 126 Å². The van der Waals surface area contributed by atoms with Crippen LogP contribution in [0.2, 0.25) is 0 Å². The molecule has 3 heterocycles. The van der Waals surface area contributed by atoms with Gasteiger partial charge < -0.3 is 44.1 Å². The number of aliphatic hydroxyl groups is 2. The van der Waals surface area contributed by atoms with Crippen LogP contribution in [0.3, 0.4) is 0 Å². The summed E-state index contributed by atoms with van der Waals surface area (Å²) < 4.78 is 30.4. The fourth-order valence-electron chi connectivity index (χ4n) is 9.97. The summed E-state index contributed by atoms with van der Waals surface area (Å²) in [5.74, 6) is -6.09. The van der Waals surface area contributed by atoms with Gasteiger partial charge in [-0.15, -0.1) is 0 Å². The maximum Gasteiger partial charge on any atom is 0.329 e. The Balaban J connectivity index is 1.71. The quantitative estimate of drug-likeness (QED) is 0.152. The number of nitrogens with one attached hydrogen (secondary N) is 1. The number of carbonyl (C=O) groups excluding carboxylic acids is 4. The summed E-state index contributed by atoms with van der Waals surface area (Å²) in [7, 11) is 4.81. The molecule has 1 amide bonds. The second kappa shape index (κ2) is 22.5. The molecule has 0 unspecified atom stereocenters. The van der Waals surface area contributed by atoms with Gasteiger partial charge in [-0.1, -0.05) is 45.4 Å². The van der Waals surface area contributed by atoms with Gasteiger partial charge in [0, 0.05) is 58.7 Å². The van der Waals surface area contributed by atoms with E-state index in [2.05, 4.69) is 24.4 Å². The number of allylic oxidation sites excluding steroid dienone is 3. The Bertz CT molecular complexity index is 1480. The number of aliphatic hydroxyl groups excluding tert-OH is 1. The highest BCUT2D eigenvalue weighted by Crippen LogP contribution is 2.39. The van der Waals surface area contributed by atoms with E-state index < -0.39 is 65.9 Å².